The molecular weight excluding hydrogens is 867 g/mol. The molecule has 0 bridgehead atoms. The van der Waals surface area contributed by atoms with Crippen molar-refractivity contribution in [2.45, 2.75) is 63.8 Å². The second kappa shape index (κ2) is 22.1. The van der Waals surface area contributed by atoms with Gasteiger partial charge in [-0.15, -0.1) is 6.58 Å². The van der Waals surface area contributed by atoms with E-state index in [0.29, 0.717) is 23.4 Å². The van der Waals surface area contributed by atoms with Crippen molar-refractivity contribution in [3.8, 4) is 5.75 Å². The standard InChI is InChI=1S/C35H54N7O16P3/c1-5-12-54-27-16-30(56-28(27)20-55-60(48,49)58-61(50,51)57-59(45,46)47)42-19-25(31-32(37)39-22-40-33(31)42)9-7-11-38-29(43)21-52-13-14-53-26-10-6-8-24(15-26)34(44)41-35(3,4)17-23(2)18-36/h5-10,15,19,22-23,27-28,30-31,33H,1,11-14,16-18,20-21,36H2,2-4H3,(H,38,43)(H,41,44)(H,48,49)(H,50,51)(H2,37,39,40)(H2,45,46,47)/b9-7+/t23?,27-,28?,30-,31?,33?/m1/s1. The van der Waals surface area contributed by atoms with Crippen LogP contribution in [0.15, 0.2) is 70.8 Å². The first-order valence-corrected chi connectivity index (χ1v) is 23.4. The number of hydrogen-bond donors (Lipinski definition) is 8. The molecule has 10 N–H and O–H groups in total. The highest BCUT2D eigenvalue weighted by Gasteiger charge is 2.48. The van der Waals surface area contributed by atoms with Crippen LogP contribution in [-0.4, -0.2) is 125 Å². The van der Waals surface area contributed by atoms with Crippen LogP contribution < -0.4 is 26.8 Å². The maximum atomic E-state index is 12.9. The highest BCUT2D eigenvalue weighted by Crippen LogP contribution is 2.66. The molecule has 1 fully saturated rings. The molecule has 0 aliphatic carbocycles. The van der Waals surface area contributed by atoms with E-state index in [0.717, 1.165) is 6.42 Å². The van der Waals surface area contributed by atoms with Crippen LogP contribution >= 0.6 is 23.5 Å². The number of rotatable bonds is 25. The van der Waals surface area contributed by atoms with Crippen molar-refractivity contribution in [3.63, 3.8) is 0 Å². The molecule has 2 amide bonds. The molecule has 3 heterocycles. The molecule has 6 unspecified atom stereocenters. The summed E-state index contributed by atoms with van der Waals surface area (Å²) < 4.78 is 70.6. The predicted octanol–water partition coefficient (Wildman–Crippen LogP) is 1.82. The molecule has 3 aliphatic rings. The summed E-state index contributed by atoms with van der Waals surface area (Å²) in [6.45, 7) is 9.52. The SMILES string of the molecule is C=CCO[C@@H]1C[C@H](N2C=C(/C=C/CNC(=O)COCCOc3cccc(C(=O)NC(C)(C)CC(C)CN)c3)C3C(N)=NC=NC32)OC1COP(=O)(O)OP(=O)(O)OP(=O)(O)O. The lowest BCUT2D eigenvalue weighted by atomic mass is 9.91. The molecule has 0 radical (unpaired) electrons. The molecule has 340 valence electrons. The van der Waals surface area contributed by atoms with Gasteiger partial charge in [-0.25, -0.2) is 23.7 Å². The van der Waals surface area contributed by atoms with E-state index in [1.807, 2.05) is 20.8 Å². The quantitative estimate of drug-likeness (QED) is 0.0394. The Morgan fingerprint density at radius 2 is 1.90 bits per heavy atom. The molecule has 4 rings (SSSR count). The van der Waals surface area contributed by atoms with E-state index < -0.39 is 66.1 Å². The summed E-state index contributed by atoms with van der Waals surface area (Å²) in [7, 11) is -16.7. The number of phosphoric ester groups is 1. The van der Waals surface area contributed by atoms with Gasteiger partial charge in [-0.3, -0.25) is 14.1 Å². The average molecular weight is 922 g/mol. The van der Waals surface area contributed by atoms with Gasteiger partial charge in [-0.05, 0) is 56.5 Å². The molecule has 23 nitrogen and oxygen atoms in total. The summed E-state index contributed by atoms with van der Waals surface area (Å²) in [6.07, 6.45) is 5.57. The van der Waals surface area contributed by atoms with Crippen molar-refractivity contribution in [3.05, 3.63) is 66.4 Å². The number of ether oxygens (including phenoxy) is 4. The molecule has 26 heteroatoms. The number of amides is 2. The van der Waals surface area contributed by atoms with Gasteiger partial charge in [0, 0.05) is 30.3 Å². The van der Waals surface area contributed by atoms with Crippen LogP contribution in [0.4, 0.5) is 0 Å². The van der Waals surface area contributed by atoms with E-state index in [4.69, 9.17) is 44.7 Å². The zero-order valence-electron chi connectivity index (χ0n) is 33.8. The zero-order chi connectivity index (χ0) is 45.0. The lowest BCUT2D eigenvalue weighted by molar-refractivity contribution is -0.125. The number of benzene rings is 1. The lowest BCUT2D eigenvalue weighted by Gasteiger charge is -2.32. The zero-order valence-corrected chi connectivity index (χ0v) is 36.4. The Kier molecular flexibility index (Phi) is 18.1. The first-order chi connectivity index (χ1) is 28.6. The van der Waals surface area contributed by atoms with Crippen LogP contribution in [0.25, 0.3) is 0 Å². The van der Waals surface area contributed by atoms with Gasteiger partial charge < -0.3 is 65.5 Å². The Labute approximate surface area is 352 Å². The van der Waals surface area contributed by atoms with Crippen LogP contribution in [0, 0.1) is 11.8 Å². The number of amidine groups is 1. The van der Waals surface area contributed by atoms with E-state index >= 15 is 0 Å². The molecule has 0 aromatic heterocycles. The first kappa shape index (κ1) is 50.0. The monoisotopic (exact) mass is 921 g/mol. The molecule has 0 saturated carbocycles. The summed E-state index contributed by atoms with van der Waals surface area (Å²) in [5.74, 6) is -0.152. The fourth-order valence-corrected chi connectivity index (χ4v) is 9.62. The Bertz CT molecular complexity index is 1980. The molecule has 3 aliphatic heterocycles. The Morgan fingerprint density at radius 1 is 1.15 bits per heavy atom. The highest BCUT2D eigenvalue weighted by atomic mass is 31.3. The van der Waals surface area contributed by atoms with Crippen molar-refractivity contribution < 1.29 is 75.0 Å². The average Bonchev–Trinajstić information content (AvgIpc) is 3.74. The van der Waals surface area contributed by atoms with Crippen molar-refractivity contribution in [2.75, 3.05) is 46.1 Å². The van der Waals surface area contributed by atoms with Gasteiger partial charge in [0.1, 0.15) is 49.6 Å². The van der Waals surface area contributed by atoms with Gasteiger partial charge in [-0.1, -0.05) is 31.2 Å². The minimum Gasteiger partial charge on any atom is -0.491 e. The van der Waals surface area contributed by atoms with Crippen LogP contribution in [0.1, 0.15) is 44.0 Å². The summed E-state index contributed by atoms with van der Waals surface area (Å²) >= 11 is 0. The van der Waals surface area contributed by atoms with Crippen molar-refractivity contribution in [2.24, 2.45) is 33.3 Å². The second-order valence-corrected chi connectivity index (χ2v) is 19.1. The molecular formula is C35H54N7O16P3. The summed E-state index contributed by atoms with van der Waals surface area (Å²) in [6, 6.07) is 6.76. The van der Waals surface area contributed by atoms with Gasteiger partial charge in [0.05, 0.1) is 31.8 Å². The third-order valence-electron chi connectivity index (χ3n) is 9.03. The van der Waals surface area contributed by atoms with Gasteiger partial charge in [0.15, 0.2) is 0 Å². The number of hydrogen-bond acceptors (Lipinski definition) is 17. The molecule has 1 saturated heterocycles. The van der Waals surface area contributed by atoms with Crippen LogP contribution in [0.5, 0.6) is 5.75 Å². The molecule has 8 atom stereocenters. The van der Waals surface area contributed by atoms with E-state index in [1.165, 1.54) is 12.4 Å². The van der Waals surface area contributed by atoms with E-state index in [-0.39, 0.29) is 63.0 Å². The minimum atomic E-state index is -5.73. The molecule has 1 aromatic carbocycles. The first-order valence-electron chi connectivity index (χ1n) is 18.9. The Morgan fingerprint density at radius 3 is 2.61 bits per heavy atom. The predicted molar refractivity (Wildman–Crippen MR) is 220 cm³/mol. The normalized spacial score (nSPS) is 24.0. The maximum Gasteiger partial charge on any atom is 0.490 e. The van der Waals surface area contributed by atoms with E-state index in [2.05, 4.69) is 35.8 Å². The van der Waals surface area contributed by atoms with Crippen molar-refractivity contribution in [1.82, 2.24) is 15.5 Å². The summed E-state index contributed by atoms with van der Waals surface area (Å²) in [5.41, 5.74) is 12.7. The topological polar surface area (TPSA) is 335 Å². The number of phosphoric acid groups is 3. The Hall–Kier alpha value is -3.63. The highest BCUT2D eigenvalue weighted by molar-refractivity contribution is 7.66. The third-order valence-corrected chi connectivity index (χ3v) is 12.8. The number of nitrogens with two attached hydrogens (primary N) is 2. The van der Waals surface area contributed by atoms with Gasteiger partial charge in [0.25, 0.3) is 5.91 Å². The Balaban J connectivity index is 1.26. The summed E-state index contributed by atoms with van der Waals surface area (Å²) in [5, 5.41) is 5.77. The van der Waals surface area contributed by atoms with E-state index in [1.54, 1.807) is 47.5 Å². The molecule has 1 aromatic rings. The van der Waals surface area contributed by atoms with Crippen molar-refractivity contribution >= 4 is 47.5 Å². The number of fused-ring (bicyclic) bond motifs is 1. The number of nitrogens with one attached hydrogen (secondary N) is 2. The van der Waals surface area contributed by atoms with Crippen LogP contribution in [0.3, 0.4) is 0 Å². The van der Waals surface area contributed by atoms with Gasteiger partial charge in [0.2, 0.25) is 5.91 Å². The number of aliphatic imine (C=N–C) groups is 2. The van der Waals surface area contributed by atoms with Crippen LogP contribution in [0.2, 0.25) is 0 Å². The minimum absolute atomic E-state index is 0.0512. The third kappa shape index (κ3) is 16.2. The van der Waals surface area contributed by atoms with Gasteiger partial charge in [-0.2, -0.15) is 8.62 Å². The smallest absolute Gasteiger partial charge is 0.490 e. The largest absolute Gasteiger partial charge is 0.491 e. The maximum absolute atomic E-state index is 12.9. The molecule has 61 heavy (non-hydrogen) atoms. The fourth-order valence-electron chi connectivity index (χ4n) is 6.59. The number of allylic oxidation sites excluding steroid dienone is 1. The van der Waals surface area contributed by atoms with Gasteiger partial charge >= 0.3 is 23.5 Å². The van der Waals surface area contributed by atoms with E-state index in [9.17, 15) is 33.1 Å². The van der Waals surface area contributed by atoms with Crippen molar-refractivity contribution in [1.29, 1.82) is 0 Å². The second-order valence-electron chi connectivity index (χ2n) is 14.7. The number of nitrogens with zero attached hydrogens (tertiary/aromatic N) is 3. The summed E-state index contributed by atoms with van der Waals surface area (Å²) in [4.78, 5) is 72.7. The lowest BCUT2D eigenvalue weighted by Crippen LogP contribution is -2.45. The van der Waals surface area contributed by atoms with Crippen LogP contribution in [-0.2, 0) is 45.8 Å². The number of carbonyl (C=O) groups excluding carboxylic acids is 2. The molecule has 0 spiro atoms. The fraction of sp³-hybridized carbons (Fsp3) is 0.543. The number of carbonyl (C=O) groups is 2.